The maximum absolute atomic E-state index is 13.7. The van der Waals surface area contributed by atoms with Crippen molar-refractivity contribution < 1.29 is 14.4 Å². The lowest BCUT2D eigenvalue weighted by molar-refractivity contribution is -0.122. The van der Waals surface area contributed by atoms with Gasteiger partial charge in [-0.15, -0.1) is 0 Å². The van der Waals surface area contributed by atoms with E-state index in [1.807, 2.05) is 91.0 Å². The summed E-state index contributed by atoms with van der Waals surface area (Å²) in [5, 5.41) is 2.77. The van der Waals surface area contributed by atoms with Crippen LogP contribution in [0.1, 0.15) is 5.56 Å². The molecule has 41 heavy (non-hydrogen) atoms. The topological polar surface area (TPSA) is 71.4 Å². The van der Waals surface area contributed by atoms with Crippen LogP contribution >= 0.6 is 27.5 Å². The molecule has 0 aliphatic carbocycles. The monoisotopic (exact) mass is 621 g/mol. The highest BCUT2D eigenvalue weighted by molar-refractivity contribution is 9.10. The normalized spacial score (nSPS) is 14.4. The third-order valence-corrected chi connectivity index (χ3v) is 7.50. The fourth-order valence-corrected chi connectivity index (χ4v) is 5.24. The summed E-state index contributed by atoms with van der Waals surface area (Å²) in [5.74, 6) is -1.49. The Morgan fingerprint density at radius 2 is 1.29 bits per heavy atom. The van der Waals surface area contributed by atoms with Gasteiger partial charge in [0.2, 0.25) is 0 Å². The van der Waals surface area contributed by atoms with E-state index in [0.717, 1.165) is 37.6 Å². The van der Waals surface area contributed by atoms with E-state index < -0.39 is 17.8 Å². The van der Waals surface area contributed by atoms with E-state index in [1.165, 1.54) is 0 Å². The van der Waals surface area contributed by atoms with Crippen LogP contribution in [0.2, 0.25) is 5.02 Å². The number of nitrogens with zero attached hydrogens (tertiary/aromatic N) is 2. The lowest BCUT2D eigenvalue weighted by atomic mass is 10.0. The molecule has 1 fully saturated rings. The number of amides is 4. The predicted octanol–water partition coefficient (Wildman–Crippen LogP) is 7.89. The molecule has 6 nitrogen and oxygen atoms in total. The Balaban J connectivity index is 1.59. The molecule has 0 unspecified atom stereocenters. The summed E-state index contributed by atoms with van der Waals surface area (Å²) < 4.78 is 3.05. The molecule has 0 bridgehead atoms. The number of hydrogen-bond acceptors (Lipinski definition) is 3. The van der Waals surface area contributed by atoms with Crippen molar-refractivity contribution in [1.29, 1.82) is 0 Å². The third-order valence-electron chi connectivity index (χ3n) is 6.72. The van der Waals surface area contributed by atoms with Crippen LogP contribution in [0.15, 0.2) is 125 Å². The summed E-state index contributed by atoms with van der Waals surface area (Å²) in [6.07, 6.45) is 1.55. The zero-order valence-electron chi connectivity index (χ0n) is 21.4. The van der Waals surface area contributed by atoms with Gasteiger partial charge in [-0.25, -0.2) is 9.69 Å². The average molecular weight is 623 g/mol. The van der Waals surface area contributed by atoms with Crippen molar-refractivity contribution in [3.63, 3.8) is 0 Å². The molecule has 0 atom stereocenters. The summed E-state index contributed by atoms with van der Waals surface area (Å²) in [6, 6.07) is 35.0. The van der Waals surface area contributed by atoms with E-state index >= 15 is 0 Å². The van der Waals surface area contributed by atoms with E-state index in [9.17, 15) is 14.4 Å². The fourth-order valence-electron chi connectivity index (χ4n) is 4.85. The SMILES string of the molecule is O=C1NC(=O)N(c2ccc(Cl)cc2)C(=O)/C1=C\c1cc(-c2ccccc2)n(-c2ccc(Br)cc2)c1-c1ccccc1. The van der Waals surface area contributed by atoms with Gasteiger partial charge in [-0.3, -0.25) is 14.9 Å². The molecule has 0 spiro atoms. The molecule has 0 saturated carbocycles. The Labute approximate surface area is 249 Å². The third kappa shape index (κ3) is 5.13. The molecule has 4 aromatic carbocycles. The van der Waals surface area contributed by atoms with Crippen LogP contribution in [-0.2, 0) is 9.59 Å². The number of aromatic nitrogens is 1. The summed E-state index contributed by atoms with van der Waals surface area (Å²) in [5.41, 5.74) is 5.17. The number of hydrogen-bond donors (Lipinski definition) is 1. The smallest absolute Gasteiger partial charge is 0.309 e. The Morgan fingerprint density at radius 1 is 0.707 bits per heavy atom. The number of rotatable bonds is 5. The van der Waals surface area contributed by atoms with Crippen LogP contribution < -0.4 is 10.2 Å². The van der Waals surface area contributed by atoms with Gasteiger partial charge in [0, 0.05) is 20.7 Å². The van der Waals surface area contributed by atoms with Gasteiger partial charge in [0.1, 0.15) is 5.57 Å². The van der Waals surface area contributed by atoms with Crippen molar-refractivity contribution in [2.75, 3.05) is 4.90 Å². The van der Waals surface area contributed by atoms with Gasteiger partial charge >= 0.3 is 6.03 Å². The molecule has 4 amide bonds. The molecule has 1 saturated heterocycles. The standard InChI is InChI=1S/C33H21BrClN3O3/c34-24-11-15-26(16-12-24)37-29(21-7-3-1-4-8-21)20-23(30(37)22-9-5-2-6-10-22)19-28-31(39)36-33(41)38(32(28)40)27-17-13-25(35)14-18-27/h1-20H,(H,36,39,41)/b28-19-. The van der Waals surface area contributed by atoms with E-state index in [-0.39, 0.29) is 5.57 Å². The number of imide groups is 2. The first-order valence-corrected chi connectivity index (χ1v) is 13.9. The number of halogens is 2. The number of benzene rings is 4. The van der Waals surface area contributed by atoms with Crippen molar-refractivity contribution in [2.45, 2.75) is 0 Å². The van der Waals surface area contributed by atoms with Gasteiger partial charge in [-0.05, 0) is 71.8 Å². The first kappa shape index (κ1) is 26.5. The minimum Gasteiger partial charge on any atom is -0.309 e. The van der Waals surface area contributed by atoms with Crippen molar-refractivity contribution in [2.24, 2.45) is 0 Å². The second-order valence-corrected chi connectivity index (χ2v) is 10.7. The molecule has 1 aromatic heterocycles. The van der Waals surface area contributed by atoms with Gasteiger partial charge in [0.25, 0.3) is 11.8 Å². The number of carbonyl (C=O) groups excluding carboxylic acids is 3. The number of anilines is 1. The highest BCUT2D eigenvalue weighted by Gasteiger charge is 2.37. The zero-order valence-corrected chi connectivity index (χ0v) is 23.8. The Morgan fingerprint density at radius 3 is 1.93 bits per heavy atom. The maximum Gasteiger partial charge on any atom is 0.335 e. The molecule has 5 aromatic rings. The Kier molecular flexibility index (Phi) is 7.14. The van der Waals surface area contributed by atoms with E-state index in [0.29, 0.717) is 16.3 Å². The second-order valence-electron chi connectivity index (χ2n) is 9.31. The van der Waals surface area contributed by atoms with Crippen LogP contribution in [0.25, 0.3) is 34.3 Å². The van der Waals surface area contributed by atoms with Gasteiger partial charge < -0.3 is 4.57 Å². The highest BCUT2D eigenvalue weighted by atomic mass is 79.9. The molecule has 0 radical (unpaired) electrons. The maximum atomic E-state index is 13.7. The summed E-state index contributed by atoms with van der Waals surface area (Å²) in [4.78, 5) is 40.5. The molecule has 2 heterocycles. The molecule has 200 valence electrons. The van der Waals surface area contributed by atoms with E-state index in [4.69, 9.17) is 11.6 Å². The molecular formula is C33H21BrClN3O3. The van der Waals surface area contributed by atoms with Crippen LogP contribution in [0.5, 0.6) is 0 Å². The van der Waals surface area contributed by atoms with Crippen molar-refractivity contribution in [3.8, 4) is 28.2 Å². The van der Waals surface area contributed by atoms with Gasteiger partial charge in [0.15, 0.2) is 0 Å². The van der Waals surface area contributed by atoms with E-state index in [2.05, 4.69) is 25.8 Å². The summed E-state index contributed by atoms with van der Waals surface area (Å²) >= 11 is 9.53. The Bertz CT molecular complexity index is 1810. The lowest BCUT2D eigenvalue weighted by Gasteiger charge is -2.26. The minimum atomic E-state index is -0.819. The second kappa shape index (κ2) is 11.0. The predicted molar refractivity (Wildman–Crippen MR) is 165 cm³/mol. The minimum absolute atomic E-state index is 0.163. The molecule has 1 N–H and O–H groups in total. The van der Waals surface area contributed by atoms with Gasteiger partial charge in [-0.2, -0.15) is 0 Å². The van der Waals surface area contributed by atoms with Crippen molar-refractivity contribution in [3.05, 3.63) is 136 Å². The average Bonchev–Trinajstić information content (AvgIpc) is 3.36. The van der Waals surface area contributed by atoms with Crippen LogP contribution in [-0.4, -0.2) is 22.4 Å². The summed E-state index contributed by atoms with van der Waals surface area (Å²) in [7, 11) is 0. The van der Waals surface area contributed by atoms with Gasteiger partial charge in [-0.1, -0.05) is 88.2 Å². The molecule has 1 aliphatic rings. The zero-order chi connectivity index (χ0) is 28.5. The number of nitrogens with one attached hydrogen (secondary N) is 1. The van der Waals surface area contributed by atoms with Crippen molar-refractivity contribution >= 4 is 57.1 Å². The number of barbiturate groups is 1. The summed E-state index contributed by atoms with van der Waals surface area (Å²) in [6.45, 7) is 0. The molecule has 8 heteroatoms. The quantitative estimate of drug-likeness (QED) is 0.160. The number of urea groups is 1. The first-order chi connectivity index (χ1) is 19.9. The molecular weight excluding hydrogens is 602 g/mol. The Hall–Kier alpha value is -4.72. The molecule has 6 rings (SSSR count). The van der Waals surface area contributed by atoms with Crippen LogP contribution in [0, 0.1) is 0 Å². The lowest BCUT2D eigenvalue weighted by Crippen LogP contribution is -2.54. The fraction of sp³-hybridized carbons (Fsp3) is 0. The van der Waals surface area contributed by atoms with E-state index in [1.54, 1.807) is 30.3 Å². The highest BCUT2D eigenvalue weighted by Crippen LogP contribution is 2.38. The van der Waals surface area contributed by atoms with Gasteiger partial charge in [0.05, 0.1) is 17.1 Å². The van der Waals surface area contributed by atoms with Crippen molar-refractivity contribution in [1.82, 2.24) is 9.88 Å². The molecule has 1 aliphatic heterocycles. The van der Waals surface area contributed by atoms with Crippen LogP contribution in [0.3, 0.4) is 0 Å². The number of carbonyl (C=O) groups is 3. The largest absolute Gasteiger partial charge is 0.335 e. The van der Waals surface area contributed by atoms with Crippen LogP contribution in [0.4, 0.5) is 10.5 Å². The first-order valence-electron chi connectivity index (χ1n) is 12.7.